The molecule has 0 saturated heterocycles. The van der Waals surface area contributed by atoms with Gasteiger partial charge in [-0.15, -0.1) is 0 Å². The van der Waals surface area contributed by atoms with Crippen LogP contribution in [0.4, 0.5) is 14.5 Å². The highest BCUT2D eigenvalue weighted by molar-refractivity contribution is 5.45. The smallest absolute Gasteiger partial charge is 0.149 e. The number of aliphatic hydroxyl groups excluding tert-OH is 1. The van der Waals surface area contributed by atoms with Crippen LogP contribution >= 0.6 is 0 Å². The average Bonchev–Trinajstić information content (AvgIpc) is 2.38. The minimum atomic E-state index is -0.613. The van der Waals surface area contributed by atoms with E-state index in [9.17, 15) is 8.78 Å². The third-order valence-electron chi connectivity index (χ3n) is 1.60. The van der Waals surface area contributed by atoms with Crippen LogP contribution in [0.25, 0.3) is 0 Å². The summed E-state index contributed by atoms with van der Waals surface area (Å²) in [6, 6.07) is 3.68. The van der Waals surface area contributed by atoms with Crippen molar-refractivity contribution < 1.29 is 13.9 Å². The van der Waals surface area contributed by atoms with E-state index in [2.05, 4.69) is 5.32 Å². The summed E-state index contributed by atoms with van der Waals surface area (Å²) in [5, 5.41) is 11.0. The Labute approximate surface area is 103 Å². The van der Waals surface area contributed by atoms with E-state index >= 15 is 0 Å². The second kappa shape index (κ2) is 12.9. The Hall–Kier alpha value is -1.16. The predicted octanol–water partition coefficient (Wildman–Crippen LogP) is 3.81. The molecule has 1 aromatic rings. The van der Waals surface area contributed by atoms with Crippen LogP contribution in [0, 0.1) is 11.6 Å². The molecule has 2 nitrogen and oxygen atoms in total. The van der Waals surface area contributed by atoms with Gasteiger partial charge in [0.05, 0.1) is 0 Å². The van der Waals surface area contributed by atoms with Crippen molar-refractivity contribution in [3.63, 3.8) is 0 Å². The second-order valence-electron chi connectivity index (χ2n) is 2.60. The van der Waals surface area contributed by atoms with Crippen LogP contribution in [0.5, 0.6) is 0 Å². The van der Waals surface area contributed by atoms with Crippen molar-refractivity contribution in [2.45, 2.75) is 34.1 Å². The Morgan fingerprint density at radius 3 is 1.94 bits per heavy atom. The normalized spacial score (nSPS) is 8.41. The van der Waals surface area contributed by atoms with Gasteiger partial charge >= 0.3 is 0 Å². The van der Waals surface area contributed by atoms with Crippen molar-refractivity contribution >= 4 is 5.69 Å². The minimum Gasteiger partial charge on any atom is -0.396 e. The van der Waals surface area contributed by atoms with E-state index in [1.165, 1.54) is 18.2 Å². The number of hydrogen-bond donors (Lipinski definition) is 2. The Balaban J connectivity index is 0. The molecule has 100 valence electrons. The largest absolute Gasteiger partial charge is 0.396 e. The molecule has 0 spiro atoms. The molecule has 0 bridgehead atoms. The number of rotatable bonds is 4. The fraction of sp³-hybridized carbons (Fsp3) is 0.538. The molecule has 0 aliphatic carbocycles. The Morgan fingerprint density at radius 2 is 1.53 bits per heavy atom. The van der Waals surface area contributed by atoms with E-state index in [4.69, 9.17) is 5.11 Å². The van der Waals surface area contributed by atoms with Crippen LogP contribution < -0.4 is 5.32 Å². The van der Waals surface area contributed by atoms with E-state index < -0.39 is 11.6 Å². The summed E-state index contributed by atoms with van der Waals surface area (Å²) in [6.45, 7) is 8.36. The molecule has 0 fully saturated rings. The average molecular weight is 247 g/mol. The van der Waals surface area contributed by atoms with Gasteiger partial charge in [-0.3, -0.25) is 0 Å². The lowest BCUT2D eigenvalue weighted by Crippen LogP contribution is -2.06. The molecule has 0 aliphatic heterocycles. The molecule has 0 radical (unpaired) electrons. The highest BCUT2D eigenvalue weighted by Crippen LogP contribution is 2.17. The standard InChI is InChI=1S/C9H11F2NO.2C2H6/c10-7-3-1-4-8(11)9(7)12-5-2-6-13;2*1-2/h1,3-4,12-13H,2,5-6H2;2*1-2H3. The maximum atomic E-state index is 12.9. The Morgan fingerprint density at radius 1 is 1.06 bits per heavy atom. The highest BCUT2D eigenvalue weighted by Gasteiger charge is 2.05. The summed E-state index contributed by atoms with van der Waals surface area (Å²) in [4.78, 5) is 0. The van der Waals surface area contributed by atoms with Crippen LogP contribution in [-0.2, 0) is 0 Å². The minimum absolute atomic E-state index is 0.00305. The summed E-state index contributed by atoms with van der Waals surface area (Å²) in [5.41, 5.74) is -0.129. The lowest BCUT2D eigenvalue weighted by molar-refractivity contribution is 0.292. The third kappa shape index (κ3) is 7.69. The van der Waals surface area contributed by atoms with Crippen molar-refractivity contribution in [1.29, 1.82) is 0 Å². The zero-order chi connectivity index (χ0) is 13.7. The maximum absolute atomic E-state index is 12.9. The van der Waals surface area contributed by atoms with Crippen molar-refractivity contribution in [3.8, 4) is 0 Å². The predicted molar refractivity (Wildman–Crippen MR) is 69.2 cm³/mol. The molecule has 0 saturated carbocycles. The van der Waals surface area contributed by atoms with E-state index in [0.717, 1.165) is 0 Å². The van der Waals surface area contributed by atoms with Crippen molar-refractivity contribution in [2.24, 2.45) is 0 Å². The van der Waals surface area contributed by atoms with Crippen molar-refractivity contribution in [2.75, 3.05) is 18.5 Å². The molecule has 0 aromatic heterocycles. The highest BCUT2D eigenvalue weighted by atomic mass is 19.1. The van der Waals surface area contributed by atoms with Gasteiger partial charge in [-0.05, 0) is 18.6 Å². The van der Waals surface area contributed by atoms with Gasteiger partial charge in [-0.1, -0.05) is 33.8 Å². The first-order valence-corrected chi connectivity index (χ1v) is 6.04. The Bertz CT molecular complexity index is 260. The van der Waals surface area contributed by atoms with Crippen LogP contribution in [0.3, 0.4) is 0 Å². The van der Waals surface area contributed by atoms with Gasteiger partial charge in [0.15, 0.2) is 0 Å². The molecule has 0 amide bonds. The third-order valence-corrected chi connectivity index (χ3v) is 1.60. The van der Waals surface area contributed by atoms with Crippen molar-refractivity contribution in [1.82, 2.24) is 0 Å². The SMILES string of the molecule is CC.CC.OCCCNc1c(F)cccc1F. The number of anilines is 1. The lowest BCUT2D eigenvalue weighted by Gasteiger charge is -2.06. The number of para-hydroxylation sites is 1. The lowest BCUT2D eigenvalue weighted by atomic mass is 10.3. The molecule has 0 aliphatic rings. The van der Waals surface area contributed by atoms with E-state index in [1.54, 1.807) is 0 Å². The van der Waals surface area contributed by atoms with Crippen molar-refractivity contribution in [3.05, 3.63) is 29.8 Å². The second-order valence-corrected chi connectivity index (χ2v) is 2.60. The topological polar surface area (TPSA) is 32.3 Å². The molecule has 1 rings (SSSR count). The zero-order valence-corrected chi connectivity index (χ0v) is 11.1. The first kappa shape index (κ1) is 18.2. The van der Waals surface area contributed by atoms with Gasteiger partial charge in [-0.25, -0.2) is 8.78 Å². The summed E-state index contributed by atoms with van der Waals surface area (Å²) >= 11 is 0. The van der Waals surface area contributed by atoms with Gasteiger partial charge in [0.1, 0.15) is 17.3 Å². The summed E-state index contributed by atoms with van der Waals surface area (Å²) in [6.07, 6.45) is 0.466. The summed E-state index contributed by atoms with van der Waals surface area (Å²) < 4.78 is 25.8. The number of aliphatic hydroxyl groups is 1. The van der Waals surface area contributed by atoms with Crippen LogP contribution in [-0.4, -0.2) is 18.3 Å². The molecule has 0 unspecified atom stereocenters. The fourth-order valence-electron chi connectivity index (χ4n) is 0.959. The monoisotopic (exact) mass is 247 g/mol. The zero-order valence-electron chi connectivity index (χ0n) is 11.1. The molecule has 0 atom stereocenters. The van der Waals surface area contributed by atoms with E-state index in [0.29, 0.717) is 13.0 Å². The molecule has 0 heterocycles. The van der Waals surface area contributed by atoms with Crippen LogP contribution in [0.2, 0.25) is 0 Å². The number of nitrogens with one attached hydrogen (secondary N) is 1. The van der Waals surface area contributed by atoms with E-state index in [-0.39, 0.29) is 12.3 Å². The molecule has 1 aromatic carbocycles. The van der Waals surface area contributed by atoms with Crippen LogP contribution in [0.15, 0.2) is 18.2 Å². The first-order chi connectivity index (χ1) is 8.25. The van der Waals surface area contributed by atoms with Crippen LogP contribution in [0.1, 0.15) is 34.1 Å². The summed E-state index contributed by atoms with van der Waals surface area (Å²) in [7, 11) is 0. The summed E-state index contributed by atoms with van der Waals surface area (Å²) in [5.74, 6) is -1.23. The van der Waals surface area contributed by atoms with Gasteiger partial charge < -0.3 is 10.4 Å². The molecular formula is C13H23F2NO. The molecular weight excluding hydrogens is 224 g/mol. The maximum Gasteiger partial charge on any atom is 0.149 e. The molecule has 2 N–H and O–H groups in total. The van der Waals surface area contributed by atoms with Gasteiger partial charge in [0.25, 0.3) is 0 Å². The molecule has 4 heteroatoms. The number of hydrogen-bond acceptors (Lipinski definition) is 2. The van der Waals surface area contributed by atoms with E-state index in [1.807, 2.05) is 27.7 Å². The van der Waals surface area contributed by atoms with Gasteiger partial charge in [0.2, 0.25) is 0 Å². The van der Waals surface area contributed by atoms with Gasteiger partial charge in [0, 0.05) is 13.2 Å². The van der Waals surface area contributed by atoms with Gasteiger partial charge in [-0.2, -0.15) is 0 Å². The number of benzene rings is 1. The Kier molecular flexibility index (Phi) is 13.8. The number of halogens is 2. The quantitative estimate of drug-likeness (QED) is 0.793. The molecule has 17 heavy (non-hydrogen) atoms. The fourth-order valence-corrected chi connectivity index (χ4v) is 0.959. The first-order valence-electron chi connectivity index (χ1n) is 6.04.